The molecule has 0 bridgehead atoms. The monoisotopic (exact) mass is 327 g/mol. The highest BCUT2D eigenvalue weighted by Gasteiger charge is 2.24. The minimum absolute atomic E-state index is 0.0450. The van der Waals surface area contributed by atoms with Crippen LogP contribution in [0.25, 0.3) is 11.0 Å². The molecule has 0 unspecified atom stereocenters. The Labute approximate surface area is 144 Å². The molecule has 4 rings (SSSR count). The maximum atomic E-state index is 4.47. The molecule has 24 heavy (non-hydrogen) atoms. The second-order valence-corrected chi connectivity index (χ2v) is 7.43. The number of hydrogen-bond acceptors (Lipinski definition) is 4. The summed E-state index contributed by atoms with van der Waals surface area (Å²) < 4.78 is 2.05. The number of hydrogen-bond donors (Lipinski definition) is 2. The van der Waals surface area contributed by atoms with Gasteiger partial charge >= 0.3 is 0 Å². The van der Waals surface area contributed by atoms with Gasteiger partial charge in [-0.25, -0.2) is 4.68 Å². The molecule has 0 atom stereocenters. The summed E-state index contributed by atoms with van der Waals surface area (Å²) in [5.41, 5.74) is 2.08. The fourth-order valence-corrected chi connectivity index (χ4v) is 4.25. The van der Waals surface area contributed by atoms with Gasteiger partial charge in [-0.15, -0.1) is 5.10 Å². The Kier molecular flexibility index (Phi) is 5.09. The summed E-state index contributed by atoms with van der Waals surface area (Å²) in [5.74, 6) is 0. The molecular formula is C19H29N5. The van der Waals surface area contributed by atoms with Crippen molar-refractivity contribution in [3.8, 4) is 0 Å². The Morgan fingerprint density at radius 1 is 0.833 bits per heavy atom. The number of rotatable bonds is 5. The van der Waals surface area contributed by atoms with E-state index in [1.165, 1.54) is 64.2 Å². The number of nitrogens with zero attached hydrogens (tertiary/aromatic N) is 3. The summed E-state index contributed by atoms with van der Waals surface area (Å²) in [5, 5.41) is 16.5. The molecule has 130 valence electrons. The largest absolute Gasteiger partial charge is 0.280 e. The van der Waals surface area contributed by atoms with E-state index >= 15 is 0 Å². The van der Waals surface area contributed by atoms with Crippen LogP contribution in [0.5, 0.6) is 0 Å². The highest BCUT2D eigenvalue weighted by atomic mass is 15.5. The van der Waals surface area contributed by atoms with Crippen molar-refractivity contribution in [2.75, 3.05) is 0 Å². The first kappa shape index (κ1) is 16.0. The van der Waals surface area contributed by atoms with Gasteiger partial charge in [0.05, 0.1) is 5.52 Å². The number of para-hydroxylation sites is 1. The molecule has 0 aliphatic heterocycles. The zero-order chi connectivity index (χ0) is 16.2. The van der Waals surface area contributed by atoms with Crippen LogP contribution in [0.3, 0.4) is 0 Å². The van der Waals surface area contributed by atoms with E-state index in [4.69, 9.17) is 0 Å². The highest BCUT2D eigenvalue weighted by Crippen LogP contribution is 2.23. The standard InChI is InChI=1S/C19H29N5/c1-3-9-15(10-4-1)20-19(21-16-11-5-2-6-12-16)24-18-14-8-7-13-17(18)22-23-24/h7-8,13-16,19-21H,1-6,9-12H2. The van der Waals surface area contributed by atoms with E-state index < -0.39 is 0 Å². The zero-order valence-electron chi connectivity index (χ0n) is 14.5. The maximum absolute atomic E-state index is 4.47. The second kappa shape index (κ2) is 7.62. The summed E-state index contributed by atoms with van der Waals surface area (Å²) >= 11 is 0. The van der Waals surface area contributed by atoms with E-state index in [-0.39, 0.29) is 6.29 Å². The third-order valence-electron chi connectivity index (χ3n) is 5.62. The van der Waals surface area contributed by atoms with Gasteiger partial charge < -0.3 is 0 Å². The highest BCUT2D eigenvalue weighted by molar-refractivity contribution is 5.73. The third-order valence-corrected chi connectivity index (χ3v) is 5.62. The molecule has 0 spiro atoms. The average Bonchev–Trinajstić information content (AvgIpc) is 3.07. The Morgan fingerprint density at radius 3 is 2.04 bits per heavy atom. The fourth-order valence-electron chi connectivity index (χ4n) is 4.25. The molecule has 2 aromatic rings. The quantitative estimate of drug-likeness (QED) is 0.822. The molecule has 5 heteroatoms. The van der Waals surface area contributed by atoms with Crippen molar-refractivity contribution >= 4 is 11.0 Å². The molecule has 2 saturated carbocycles. The Balaban J connectivity index is 1.56. The molecule has 1 heterocycles. The van der Waals surface area contributed by atoms with Crippen LogP contribution >= 0.6 is 0 Å². The number of nitrogens with one attached hydrogen (secondary N) is 2. The molecule has 1 aromatic heterocycles. The Hall–Kier alpha value is -1.46. The van der Waals surface area contributed by atoms with Gasteiger partial charge in [0.1, 0.15) is 5.52 Å². The molecule has 0 radical (unpaired) electrons. The lowest BCUT2D eigenvalue weighted by Crippen LogP contribution is -2.49. The smallest absolute Gasteiger partial charge is 0.158 e. The average molecular weight is 327 g/mol. The molecule has 0 saturated heterocycles. The van der Waals surface area contributed by atoms with Crippen molar-refractivity contribution in [3.63, 3.8) is 0 Å². The lowest BCUT2D eigenvalue weighted by Gasteiger charge is -2.33. The molecule has 2 N–H and O–H groups in total. The molecule has 5 nitrogen and oxygen atoms in total. The van der Waals surface area contributed by atoms with E-state index in [2.05, 4.69) is 37.8 Å². The molecular weight excluding hydrogens is 298 g/mol. The van der Waals surface area contributed by atoms with Crippen LogP contribution in [0.1, 0.15) is 70.5 Å². The minimum atomic E-state index is 0.0450. The van der Waals surface area contributed by atoms with E-state index in [0.29, 0.717) is 12.1 Å². The van der Waals surface area contributed by atoms with Crippen LogP contribution in [-0.4, -0.2) is 27.1 Å². The van der Waals surface area contributed by atoms with Crippen LogP contribution in [-0.2, 0) is 0 Å². The van der Waals surface area contributed by atoms with E-state index in [0.717, 1.165) is 11.0 Å². The molecule has 2 aliphatic rings. The predicted octanol–water partition coefficient (Wildman–Crippen LogP) is 3.73. The van der Waals surface area contributed by atoms with Gasteiger partial charge in [0.25, 0.3) is 0 Å². The maximum Gasteiger partial charge on any atom is 0.158 e. The van der Waals surface area contributed by atoms with Gasteiger partial charge in [-0.2, -0.15) is 0 Å². The van der Waals surface area contributed by atoms with Crippen molar-refractivity contribution in [2.45, 2.75) is 82.6 Å². The van der Waals surface area contributed by atoms with Crippen molar-refractivity contribution in [1.29, 1.82) is 0 Å². The number of aromatic nitrogens is 3. The summed E-state index contributed by atoms with van der Waals surface area (Å²) in [6.45, 7) is 0. The number of fused-ring (bicyclic) bond motifs is 1. The first-order chi connectivity index (χ1) is 11.9. The van der Waals surface area contributed by atoms with Gasteiger partial charge in [-0.3, -0.25) is 10.6 Å². The van der Waals surface area contributed by atoms with Crippen LogP contribution in [0, 0.1) is 0 Å². The lowest BCUT2D eigenvalue weighted by molar-refractivity contribution is 0.203. The first-order valence-electron chi connectivity index (χ1n) is 9.72. The Bertz CT molecular complexity index is 620. The molecule has 2 aliphatic carbocycles. The van der Waals surface area contributed by atoms with Gasteiger partial charge in [0, 0.05) is 12.1 Å². The molecule has 2 fully saturated rings. The van der Waals surface area contributed by atoms with Crippen LogP contribution in [0.4, 0.5) is 0 Å². The third kappa shape index (κ3) is 3.62. The summed E-state index contributed by atoms with van der Waals surface area (Å²) in [4.78, 5) is 0. The van der Waals surface area contributed by atoms with Crippen molar-refractivity contribution in [1.82, 2.24) is 25.6 Å². The SMILES string of the molecule is c1ccc2c(c1)nnn2C(NC1CCCCC1)NC1CCCCC1. The van der Waals surface area contributed by atoms with Crippen molar-refractivity contribution < 1.29 is 0 Å². The zero-order valence-corrected chi connectivity index (χ0v) is 14.5. The molecule has 1 aromatic carbocycles. The van der Waals surface area contributed by atoms with E-state index in [1.54, 1.807) is 0 Å². The van der Waals surface area contributed by atoms with E-state index in [1.807, 2.05) is 12.1 Å². The lowest BCUT2D eigenvalue weighted by atomic mass is 9.94. The normalized spacial score (nSPS) is 20.9. The van der Waals surface area contributed by atoms with Crippen molar-refractivity contribution in [3.05, 3.63) is 24.3 Å². The van der Waals surface area contributed by atoms with Gasteiger partial charge in [-0.1, -0.05) is 55.9 Å². The first-order valence-corrected chi connectivity index (χ1v) is 9.72. The summed E-state index contributed by atoms with van der Waals surface area (Å²) in [7, 11) is 0. The summed E-state index contributed by atoms with van der Waals surface area (Å²) in [6, 6.07) is 9.43. The van der Waals surface area contributed by atoms with Gasteiger partial charge in [-0.05, 0) is 37.8 Å². The van der Waals surface area contributed by atoms with Gasteiger partial charge in [0.15, 0.2) is 6.29 Å². The predicted molar refractivity (Wildman–Crippen MR) is 96.6 cm³/mol. The van der Waals surface area contributed by atoms with Crippen LogP contribution in [0.2, 0.25) is 0 Å². The van der Waals surface area contributed by atoms with E-state index in [9.17, 15) is 0 Å². The summed E-state index contributed by atoms with van der Waals surface area (Å²) in [6.07, 6.45) is 13.3. The molecule has 0 amide bonds. The second-order valence-electron chi connectivity index (χ2n) is 7.43. The topological polar surface area (TPSA) is 54.8 Å². The minimum Gasteiger partial charge on any atom is -0.280 e. The number of benzene rings is 1. The van der Waals surface area contributed by atoms with Crippen LogP contribution in [0.15, 0.2) is 24.3 Å². The van der Waals surface area contributed by atoms with Gasteiger partial charge in [0.2, 0.25) is 0 Å². The Morgan fingerprint density at radius 2 is 1.42 bits per heavy atom. The fraction of sp³-hybridized carbons (Fsp3) is 0.684. The van der Waals surface area contributed by atoms with Crippen molar-refractivity contribution in [2.24, 2.45) is 0 Å². The van der Waals surface area contributed by atoms with Crippen LogP contribution < -0.4 is 10.6 Å².